The molecule has 1 aromatic heterocycles. The van der Waals surface area contributed by atoms with Gasteiger partial charge in [-0.2, -0.15) is 0 Å². The Bertz CT molecular complexity index is 1340. The Labute approximate surface area is 244 Å². The molecule has 14 heteroatoms. The van der Waals surface area contributed by atoms with Crippen LogP contribution < -0.4 is 38.4 Å². The second-order valence-corrected chi connectivity index (χ2v) is 11.8. The van der Waals surface area contributed by atoms with E-state index in [1.165, 1.54) is 37.0 Å². The summed E-state index contributed by atoms with van der Waals surface area (Å²) in [6.45, 7) is 6.47. The Hall–Kier alpha value is -4.20. The predicted molar refractivity (Wildman–Crippen MR) is 155 cm³/mol. The molecule has 0 radical (unpaired) electrons. The molecular weight excluding hydrogens is 544 g/mol. The van der Waals surface area contributed by atoms with Crippen LogP contribution in [-0.4, -0.2) is 65.2 Å². The molecule has 0 aliphatic heterocycles. The van der Waals surface area contributed by atoms with Gasteiger partial charge >= 0.3 is 0 Å². The van der Waals surface area contributed by atoms with Crippen molar-refractivity contribution in [2.24, 2.45) is 28.3 Å². The lowest BCUT2D eigenvalue weighted by Gasteiger charge is -2.39. The van der Waals surface area contributed by atoms with Crippen molar-refractivity contribution in [1.29, 1.82) is 0 Å². The molecule has 2 saturated carbocycles. The molecule has 230 valence electrons. The summed E-state index contributed by atoms with van der Waals surface area (Å²) in [6.07, 6.45) is 4.85. The van der Waals surface area contributed by atoms with Gasteiger partial charge in [0.25, 0.3) is 17.4 Å². The largest absolute Gasteiger partial charge is 0.403 e. The summed E-state index contributed by atoms with van der Waals surface area (Å²) < 4.78 is 1.19. The number of nitrogens with zero attached hydrogens (tertiary/aromatic N) is 2. The smallest absolute Gasteiger partial charge is 0.287 e. The average Bonchev–Trinajstić information content (AvgIpc) is 3.26. The van der Waals surface area contributed by atoms with Gasteiger partial charge in [0.05, 0.1) is 0 Å². The van der Waals surface area contributed by atoms with E-state index in [-0.39, 0.29) is 53.5 Å². The van der Waals surface area contributed by atoms with Crippen LogP contribution in [0.1, 0.15) is 52.9 Å². The molecule has 2 aliphatic carbocycles. The number of hydrogen-bond acceptors (Lipinski definition) is 9. The van der Waals surface area contributed by atoms with Crippen LogP contribution in [-0.2, 0) is 30.5 Å². The van der Waals surface area contributed by atoms with Crippen molar-refractivity contribution in [3.63, 3.8) is 0 Å². The number of nitrogens with two attached hydrogens (primary N) is 2. The summed E-state index contributed by atoms with van der Waals surface area (Å²) in [6, 6.07) is 1.55. The number of hydrogen-bond donors (Lipinski definition) is 6. The van der Waals surface area contributed by atoms with E-state index in [2.05, 4.69) is 42.0 Å². The molecule has 0 saturated heterocycles. The van der Waals surface area contributed by atoms with Crippen molar-refractivity contribution < 1.29 is 24.0 Å². The lowest BCUT2D eigenvalue weighted by molar-refractivity contribution is -0.137. The number of amides is 4. The maximum atomic E-state index is 13.2. The highest BCUT2D eigenvalue weighted by atomic mass is 16.2. The van der Waals surface area contributed by atoms with Crippen molar-refractivity contribution >= 4 is 35.1 Å². The summed E-state index contributed by atoms with van der Waals surface area (Å²) in [5, 5.41) is 11.2. The Kier molecular flexibility index (Phi) is 9.82. The minimum absolute atomic E-state index is 0.0132. The van der Waals surface area contributed by atoms with E-state index in [0.29, 0.717) is 5.92 Å². The van der Waals surface area contributed by atoms with E-state index < -0.39 is 35.1 Å². The SMILES string of the molecule is CNC(=O)C(=O)CCC(NC(=O)/C(=C/N)N(C)N)C(=O)Nc1cccn(CC(=O)NC2CC3CCC2(C)C3(C)C)c1=O. The molecule has 1 heterocycles. The number of ketones is 1. The van der Waals surface area contributed by atoms with E-state index in [1.807, 2.05) is 0 Å². The molecule has 3 rings (SSSR count). The Morgan fingerprint density at radius 2 is 1.88 bits per heavy atom. The van der Waals surface area contributed by atoms with Gasteiger partial charge in [0.2, 0.25) is 17.6 Å². The molecule has 2 fully saturated rings. The maximum absolute atomic E-state index is 13.2. The standard InChI is InChI=1S/C28H42N8O6/c1-27(2)16-10-11-28(27,3)21(13-16)34-22(38)15-36-12-6-7-18(26(36)42)33-23(39)17(8-9-20(37)25(41)31-4)32-24(40)19(14-29)35(5)30/h6-7,12,14,16-17,21H,8-11,13,15,29-30H2,1-5H3,(H,31,41)(H,32,40)(H,33,39)(H,34,38)/b19-14-. The molecule has 4 atom stereocenters. The molecule has 14 nitrogen and oxygen atoms in total. The van der Waals surface area contributed by atoms with Crippen molar-refractivity contribution in [3.05, 3.63) is 40.6 Å². The van der Waals surface area contributed by atoms with E-state index in [9.17, 15) is 28.8 Å². The van der Waals surface area contributed by atoms with Crippen molar-refractivity contribution in [1.82, 2.24) is 25.5 Å². The van der Waals surface area contributed by atoms with E-state index in [4.69, 9.17) is 11.6 Å². The normalized spacial score (nSPS) is 23.0. The first kappa shape index (κ1) is 32.3. The van der Waals surface area contributed by atoms with Crippen molar-refractivity contribution in [2.45, 2.75) is 71.5 Å². The quantitative estimate of drug-likeness (QED) is 0.0790. The highest BCUT2D eigenvalue weighted by molar-refractivity contribution is 6.36. The summed E-state index contributed by atoms with van der Waals surface area (Å²) in [5.74, 6) is 2.57. The fraction of sp³-hybridized carbons (Fsp3) is 0.571. The van der Waals surface area contributed by atoms with Gasteiger partial charge in [-0.3, -0.25) is 28.8 Å². The molecule has 2 bridgehead atoms. The third-order valence-electron chi connectivity index (χ3n) is 9.25. The third-order valence-corrected chi connectivity index (χ3v) is 9.25. The number of hydrazine groups is 1. The minimum atomic E-state index is -1.33. The summed E-state index contributed by atoms with van der Waals surface area (Å²) in [7, 11) is 2.66. The number of nitrogens with one attached hydrogen (secondary N) is 4. The summed E-state index contributed by atoms with van der Waals surface area (Å²) in [5.41, 5.74) is 4.63. The zero-order valence-corrected chi connectivity index (χ0v) is 24.8. The first-order valence-corrected chi connectivity index (χ1v) is 13.9. The number of Topliss-reactive ketones (excluding diaryl/α,β-unsaturated/α-hetero) is 1. The van der Waals surface area contributed by atoms with E-state index >= 15 is 0 Å². The van der Waals surface area contributed by atoms with Gasteiger partial charge in [-0.05, 0) is 54.6 Å². The van der Waals surface area contributed by atoms with Gasteiger partial charge in [-0.1, -0.05) is 20.8 Å². The van der Waals surface area contributed by atoms with Crippen LogP contribution in [0.2, 0.25) is 0 Å². The zero-order valence-electron chi connectivity index (χ0n) is 24.8. The number of likely N-dealkylation sites (N-methyl/N-ethyl adjacent to an activating group) is 2. The van der Waals surface area contributed by atoms with Crippen LogP contribution in [0.15, 0.2) is 35.0 Å². The predicted octanol–water partition coefficient (Wildman–Crippen LogP) is -0.696. The first-order valence-electron chi connectivity index (χ1n) is 13.9. The van der Waals surface area contributed by atoms with Gasteiger partial charge in [0.15, 0.2) is 0 Å². The van der Waals surface area contributed by atoms with Crippen LogP contribution in [0.25, 0.3) is 0 Å². The molecule has 4 amide bonds. The van der Waals surface area contributed by atoms with Crippen LogP contribution in [0.5, 0.6) is 0 Å². The van der Waals surface area contributed by atoms with Crippen LogP contribution in [0, 0.1) is 16.7 Å². The minimum Gasteiger partial charge on any atom is -0.403 e. The second-order valence-electron chi connectivity index (χ2n) is 11.8. The molecule has 4 unspecified atom stereocenters. The number of rotatable bonds is 12. The number of aromatic nitrogens is 1. The van der Waals surface area contributed by atoms with Crippen molar-refractivity contribution in [3.8, 4) is 0 Å². The van der Waals surface area contributed by atoms with E-state index in [1.54, 1.807) is 0 Å². The molecule has 0 aromatic carbocycles. The van der Waals surface area contributed by atoms with Gasteiger partial charge in [0.1, 0.15) is 24.0 Å². The topological polar surface area (TPSA) is 211 Å². The molecule has 8 N–H and O–H groups in total. The maximum Gasteiger partial charge on any atom is 0.287 e. The summed E-state index contributed by atoms with van der Waals surface area (Å²) in [4.78, 5) is 75.8. The molecule has 42 heavy (non-hydrogen) atoms. The molecule has 0 spiro atoms. The monoisotopic (exact) mass is 586 g/mol. The summed E-state index contributed by atoms with van der Waals surface area (Å²) >= 11 is 0. The van der Waals surface area contributed by atoms with Crippen LogP contribution in [0.4, 0.5) is 5.69 Å². The molecular formula is C28H42N8O6. The van der Waals surface area contributed by atoms with Crippen molar-refractivity contribution in [2.75, 3.05) is 19.4 Å². The fourth-order valence-electron chi connectivity index (χ4n) is 6.18. The number of fused-ring (bicyclic) bond motifs is 2. The van der Waals surface area contributed by atoms with Gasteiger partial charge in [-0.15, -0.1) is 0 Å². The number of carbonyl (C=O) groups excluding carboxylic acids is 5. The molecule has 1 aromatic rings. The Morgan fingerprint density at radius 1 is 1.19 bits per heavy atom. The van der Waals surface area contributed by atoms with Crippen LogP contribution >= 0.6 is 0 Å². The first-order chi connectivity index (χ1) is 19.7. The Morgan fingerprint density at radius 3 is 2.43 bits per heavy atom. The van der Waals surface area contributed by atoms with E-state index in [0.717, 1.165) is 30.5 Å². The molecule has 2 aliphatic rings. The lowest BCUT2D eigenvalue weighted by atomic mass is 9.69. The van der Waals surface area contributed by atoms with Gasteiger partial charge in [-0.25, -0.2) is 5.84 Å². The van der Waals surface area contributed by atoms with Crippen LogP contribution in [0.3, 0.4) is 0 Å². The lowest BCUT2D eigenvalue weighted by Crippen LogP contribution is -2.49. The van der Waals surface area contributed by atoms with Gasteiger partial charge in [0, 0.05) is 39.0 Å². The highest BCUT2D eigenvalue weighted by Gasteiger charge is 2.61. The Balaban J connectivity index is 1.73. The fourth-order valence-corrected chi connectivity index (χ4v) is 6.18. The zero-order chi connectivity index (χ0) is 31.4. The average molecular weight is 587 g/mol. The van der Waals surface area contributed by atoms with Gasteiger partial charge < -0.3 is 36.6 Å². The second kappa shape index (κ2) is 12.8. The third kappa shape index (κ3) is 6.48. The highest BCUT2D eigenvalue weighted by Crippen LogP contribution is 2.65. The number of anilines is 1. The number of carbonyl (C=O) groups is 5. The number of pyridine rings is 1.